The van der Waals surface area contributed by atoms with E-state index in [4.69, 9.17) is 15.2 Å². The molecule has 1 aliphatic rings. The first-order valence-electron chi connectivity index (χ1n) is 13.6. The Balaban J connectivity index is 1.63. The molecule has 1 fully saturated rings. The van der Waals surface area contributed by atoms with Gasteiger partial charge in [-0.3, -0.25) is 4.79 Å². The number of ether oxygens (including phenoxy) is 2. The molecule has 1 aromatic heterocycles. The summed E-state index contributed by atoms with van der Waals surface area (Å²) in [6.45, 7) is 0. The average molecular weight is 551 g/mol. The third kappa shape index (κ3) is 6.09. The molecule has 2 aromatic carbocycles. The first-order valence-corrected chi connectivity index (χ1v) is 13.6. The number of nitrogens with two attached hydrogens (primary N) is 1. The lowest BCUT2D eigenvalue weighted by Crippen LogP contribution is -2.45. The van der Waals surface area contributed by atoms with Crippen molar-refractivity contribution < 1.29 is 34.7 Å². The van der Waals surface area contributed by atoms with Crippen molar-refractivity contribution in [3.8, 4) is 28.7 Å². The monoisotopic (exact) mass is 550 g/mol. The standard InChI is InChI=1S/C31H38N2O7/c1-39-26-16-19(5-8-22(26)34)6-9-23(35)29(31(12-3-4-13-31)21-11-14-33-28(32)18-21)24(36)10-7-20-15-25(37)30(38)27(17-20)40-2/h5,8,11,14-18,23,29,34-35,37-38H,3-4,6-7,9-10,12-13H2,1-2H3,(H2,32,33)/t23-,29-/m1/s1. The Kier molecular flexibility index (Phi) is 9.04. The fourth-order valence-electron chi connectivity index (χ4n) is 6.16. The van der Waals surface area contributed by atoms with Crippen molar-refractivity contribution in [3.63, 3.8) is 0 Å². The number of ketones is 1. The lowest BCUT2D eigenvalue weighted by Gasteiger charge is -2.40. The number of pyridine rings is 1. The smallest absolute Gasteiger partial charge is 0.200 e. The largest absolute Gasteiger partial charge is 0.504 e. The van der Waals surface area contributed by atoms with Crippen molar-refractivity contribution in [2.75, 3.05) is 20.0 Å². The fraction of sp³-hybridized carbons (Fsp3) is 0.419. The van der Waals surface area contributed by atoms with Crippen LogP contribution in [-0.2, 0) is 23.1 Å². The molecule has 6 N–H and O–H groups in total. The van der Waals surface area contributed by atoms with Crippen molar-refractivity contribution >= 4 is 11.6 Å². The van der Waals surface area contributed by atoms with Crippen molar-refractivity contribution in [1.82, 2.24) is 4.98 Å². The van der Waals surface area contributed by atoms with E-state index < -0.39 is 17.4 Å². The number of Topliss-reactive ketones (excluding diaryl/α,β-unsaturated/α-hetero) is 1. The normalized spacial score (nSPS) is 15.9. The molecular weight excluding hydrogens is 512 g/mol. The molecule has 4 rings (SSSR count). The van der Waals surface area contributed by atoms with Crippen LogP contribution in [0.4, 0.5) is 5.82 Å². The van der Waals surface area contributed by atoms with Gasteiger partial charge in [-0.25, -0.2) is 4.98 Å². The number of anilines is 1. The van der Waals surface area contributed by atoms with Gasteiger partial charge in [0.2, 0.25) is 5.75 Å². The maximum absolute atomic E-state index is 14.1. The molecular formula is C31H38N2O7. The summed E-state index contributed by atoms with van der Waals surface area (Å²) in [6.07, 6.45) is 5.29. The Morgan fingerprint density at radius 1 is 0.950 bits per heavy atom. The highest BCUT2D eigenvalue weighted by atomic mass is 16.5. The molecule has 0 radical (unpaired) electrons. The molecule has 0 saturated heterocycles. The highest BCUT2D eigenvalue weighted by Gasteiger charge is 2.48. The maximum Gasteiger partial charge on any atom is 0.200 e. The summed E-state index contributed by atoms with van der Waals surface area (Å²) < 4.78 is 10.4. The zero-order valence-corrected chi connectivity index (χ0v) is 23.0. The number of benzene rings is 2. The zero-order valence-electron chi connectivity index (χ0n) is 23.0. The van der Waals surface area contributed by atoms with Gasteiger partial charge in [0.25, 0.3) is 0 Å². The van der Waals surface area contributed by atoms with Gasteiger partial charge < -0.3 is 35.6 Å². The SMILES string of the molecule is COc1cc(CC[C@@H](O)[C@H](C(=O)CCc2cc(O)c(O)c(OC)c2)C2(c3ccnc(N)c3)CCCC2)ccc1O. The fourth-order valence-corrected chi connectivity index (χ4v) is 6.16. The van der Waals surface area contributed by atoms with Crippen LogP contribution in [0.25, 0.3) is 0 Å². The Morgan fingerprint density at radius 2 is 1.65 bits per heavy atom. The molecule has 0 bridgehead atoms. The van der Waals surface area contributed by atoms with Crippen molar-refractivity contribution in [2.24, 2.45) is 5.92 Å². The van der Waals surface area contributed by atoms with Crippen molar-refractivity contribution in [3.05, 3.63) is 65.4 Å². The Bertz CT molecular complexity index is 1340. The summed E-state index contributed by atoms with van der Waals surface area (Å²) in [5.74, 6) is -0.555. The minimum atomic E-state index is -0.942. The van der Waals surface area contributed by atoms with Gasteiger partial charge >= 0.3 is 0 Å². The number of nitrogen functional groups attached to an aromatic ring is 1. The van der Waals surface area contributed by atoms with E-state index in [0.29, 0.717) is 36.4 Å². The van der Waals surface area contributed by atoms with Gasteiger partial charge in [0.1, 0.15) is 11.6 Å². The van der Waals surface area contributed by atoms with Gasteiger partial charge in [0, 0.05) is 18.0 Å². The summed E-state index contributed by atoms with van der Waals surface area (Å²) >= 11 is 0. The van der Waals surface area contributed by atoms with Crippen LogP contribution in [0.3, 0.4) is 0 Å². The molecule has 9 heteroatoms. The predicted octanol–water partition coefficient (Wildman–Crippen LogP) is 4.42. The van der Waals surface area contributed by atoms with Gasteiger partial charge in [-0.2, -0.15) is 0 Å². The molecule has 1 saturated carbocycles. The highest BCUT2D eigenvalue weighted by Crippen LogP contribution is 2.49. The number of carbonyl (C=O) groups excluding carboxylic acids is 1. The lowest BCUT2D eigenvalue weighted by atomic mass is 9.64. The molecule has 1 aliphatic carbocycles. The molecule has 0 spiro atoms. The molecule has 2 atom stereocenters. The van der Waals surface area contributed by atoms with E-state index in [1.165, 1.54) is 20.3 Å². The van der Waals surface area contributed by atoms with E-state index in [1.54, 1.807) is 30.5 Å². The average Bonchev–Trinajstić information content (AvgIpc) is 3.44. The topological polar surface area (TPSA) is 155 Å². The molecule has 9 nitrogen and oxygen atoms in total. The number of aromatic hydroxyl groups is 3. The molecule has 0 amide bonds. The van der Waals surface area contributed by atoms with Crippen LogP contribution in [0, 0.1) is 5.92 Å². The second-order valence-corrected chi connectivity index (χ2v) is 10.6. The van der Waals surface area contributed by atoms with Crippen LogP contribution in [0.2, 0.25) is 0 Å². The van der Waals surface area contributed by atoms with Crippen molar-refractivity contribution in [2.45, 2.75) is 62.9 Å². The Hall–Kier alpha value is -3.98. The lowest BCUT2D eigenvalue weighted by molar-refractivity contribution is -0.130. The van der Waals surface area contributed by atoms with E-state index in [-0.39, 0.29) is 35.2 Å². The van der Waals surface area contributed by atoms with Crippen LogP contribution < -0.4 is 15.2 Å². The number of aliphatic hydroxyl groups is 1. The summed E-state index contributed by atoms with van der Waals surface area (Å²) in [6, 6.07) is 11.8. The number of phenols is 3. The van der Waals surface area contributed by atoms with Gasteiger partial charge in [-0.15, -0.1) is 0 Å². The van der Waals surface area contributed by atoms with E-state index >= 15 is 0 Å². The Morgan fingerprint density at radius 3 is 2.33 bits per heavy atom. The number of carbonyl (C=O) groups is 1. The Labute approximate surface area is 234 Å². The summed E-state index contributed by atoms with van der Waals surface area (Å²) in [4.78, 5) is 18.2. The second kappa shape index (κ2) is 12.5. The first kappa shape index (κ1) is 29.0. The summed E-state index contributed by atoms with van der Waals surface area (Å²) in [5.41, 5.74) is 7.89. The first-order chi connectivity index (χ1) is 19.2. The molecule has 3 aromatic rings. The third-order valence-corrected chi connectivity index (χ3v) is 8.15. The molecule has 214 valence electrons. The van der Waals surface area contributed by atoms with Gasteiger partial charge in [0.15, 0.2) is 23.0 Å². The number of aryl methyl sites for hydroxylation is 2. The quantitative estimate of drug-likeness (QED) is 0.206. The minimum absolute atomic E-state index is 0.0388. The van der Waals surface area contributed by atoms with Crippen LogP contribution in [0.5, 0.6) is 28.7 Å². The number of hydrogen-bond donors (Lipinski definition) is 5. The van der Waals surface area contributed by atoms with E-state index in [9.17, 15) is 25.2 Å². The number of nitrogens with zero attached hydrogens (tertiary/aromatic N) is 1. The van der Waals surface area contributed by atoms with Gasteiger partial charge in [0.05, 0.1) is 26.2 Å². The number of hydrogen-bond acceptors (Lipinski definition) is 9. The van der Waals surface area contributed by atoms with Gasteiger partial charge in [-0.1, -0.05) is 18.9 Å². The number of aromatic nitrogens is 1. The minimum Gasteiger partial charge on any atom is -0.504 e. The maximum atomic E-state index is 14.1. The van der Waals surface area contributed by atoms with E-state index in [0.717, 1.165) is 36.8 Å². The number of methoxy groups -OCH3 is 2. The zero-order chi connectivity index (χ0) is 28.9. The van der Waals surface area contributed by atoms with Gasteiger partial charge in [-0.05, 0) is 85.2 Å². The van der Waals surface area contributed by atoms with Crippen LogP contribution in [0.15, 0.2) is 48.7 Å². The van der Waals surface area contributed by atoms with E-state index in [2.05, 4.69) is 4.98 Å². The van der Waals surface area contributed by atoms with Crippen molar-refractivity contribution in [1.29, 1.82) is 0 Å². The van der Waals surface area contributed by atoms with Crippen LogP contribution >= 0.6 is 0 Å². The summed E-state index contributed by atoms with van der Waals surface area (Å²) in [5, 5.41) is 41.7. The van der Waals surface area contributed by atoms with Crippen LogP contribution in [-0.4, -0.2) is 51.5 Å². The summed E-state index contributed by atoms with van der Waals surface area (Å²) in [7, 11) is 2.87. The molecule has 1 heterocycles. The number of aliphatic hydroxyl groups excluding tert-OH is 1. The number of phenolic OH excluding ortho intramolecular Hbond substituents is 3. The third-order valence-electron chi connectivity index (χ3n) is 8.15. The molecule has 0 aliphatic heterocycles. The van der Waals surface area contributed by atoms with E-state index in [1.807, 2.05) is 12.1 Å². The predicted molar refractivity (Wildman–Crippen MR) is 151 cm³/mol. The molecule has 0 unspecified atom stereocenters. The second-order valence-electron chi connectivity index (χ2n) is 10.6. The highest BCUT2D eigenvalue weighted by molar-refractivity contribution is 5.84. The number of rotatable bonds is 12. The molecule has 40 heavy (non-hydrogen) atoms. The van der Waals surface area contributed by atoms with Crippen LogP contribution in [0.1, 0.15) is 55.2 Å².